The normalized spacial score (nSPS) is 14.8. The van der Waals surface area contributed by atoms with E-state index in [-0.39, 0.29) is 22.5 Å². The predicted octanol–water partition coefficient (Wildman–Crippen LogP) is 5.77. The first kappa shape index (κ1) is 26.1. The van der Waals surface area contributed by atoms with Crippen LogP contribution in [0.5, 0.6) is 5.75 Å². The number of hydrogen-bond donors (Lipinski definition) is 2. The van der Waals surface area contributed by atoms with Gasteiger partial charge in [0.15, 0.2) is 8.32 Å². The number of primary amides is 1. The van der Waals surface area contributed by atoms with Crippen molar-refractivity contribution in [3.8, 4) is 5.75 Å². The Morgan fingerprint density at radius 3 is 2.38 bits per heavy atom. The number of nitrogens with one attached hydrogen (secondary N) is 1. The van der Waals surface area contributed by atoms with Gasteiger partial charge in [0, 0.05) is 5.92 Å². The lowest BCUT2D eigenvalue weighted by molar-refractivity contribution is 0.0995. The maximum Gasteiger partial charge on any atom is 0.266 e. The van der Waals surface area contributed by atoms with Crippen LogP contribution in [0, 0.1) is 0 Å². The highest BCUT2D eigenvalue weighted by Crippen LogP contribution is 2.39. The van der Waals surface area contributed by atoms with E-state index < -0.39 is 14.2 Å². The van der Waals surface area contributed by atoms with E-state index in [1.54, 1.807) is 0 Å². The van der Waals surface area contributed by atoms with E-state index in [1.807, 2.05) is 12.1 Å². The van der Waals surface area contributed by atoms with Gasteiger partial charge in [0.2, 0.25) is 0 Å². The van der Waals surface area contributed by atoms with Gasteiger partial charge in [-0.3, -0.25) is 4.79 Å². The molecule has 0 radical (unpaired) electrons. The van der Waals surface area contributed by atoms with E-state index in [0.717, 1.165) is 5.75 Å². The van der Waals surface area contributed by atoms with Crippen molar-refractivity contribution >= 4 is 14.2 Å². The molecular weight excluding hydrogens is 418 g/mol. The zero-order valence-electron chi connectivity index (χ0n) is 21.2. The fraction of sp³-hybridized carbons (Fsp3) is 0.600. The largest absolute Gasteiger partial charge is 0.494 e. The van der Waals surface area contributed by atoms with Crippen molar-refractivity contribution in [2.45, 2.75) is 90.5 Å². The number of nitrogens with two attached hydrogens (primary N) is 1. The molecule has 1 amide bonds. The van der Waals surface area contributed by atoms with Gasteiger partial charge in [-0.2, -0.15) is 0 Å². The molecule has 2 aromatic rings. The number of aromatic nitrogens is 2. The van der Waals surface area contributed by atoms with Gasteiger partial charge in [0.25, 0.3) is 5.91 Å². The molecule has 0 spiro atoms. The van der Waals surface area contributed by atoms with E-state index in [2.05, 4.69) is 83.7 Å². The molecule has 0 bridgehead atoms. The summed E-state index contributed by atoms with van der Waals surface area (Å²) in [5, 5.41) is 0.0945. The molecule has 2 atom stereocenters. The molecule has 3 N–H and O–H groups in total. The highest BCUT2D eigenvalue weighted by atomic mass is 28.4. The van der Waals surface area contributed by atoms with Gasteiger partial charge in [0.05, 0.1) is 18.9 Å². The number of carbonyl (C=O) groups is 1. The summed E-state index contributed by atoms with van der Waals surface area (Å²) in [6.45, 7) is 20.3. The Balaban J connectivity index is 2.19. The van der Waals surface area contributed by atoms with Crippen LogP contribution in [-0.2, 0) is 9.84 Å². The second-order valence-corrected chi connectivity index (χ2v) is 15.9. The van der Waals surface area contributed by atoms with Crippen molar-refractivity contribution in [3.05, 3.63) is 47.5 Å². The van der Waals surface area contributed by atoms with Crippen molar-refractivity contribution in [1.82, 2.24) is 9.97 Å². The molecule has 1 aromatic heterocycles. The number of nitrogens with zero attached hydrogens (tertiary/aromatic N) is 1. The minimum Gasteiger partial charge on any atom is -0.494 e. The molecule has 0 saturated carbocycles. The van der Waals surface area contributed by atoms with Crippen LogP contribution in [0.25, 0.3) is 0 Å². The van der Waals surface area contributed by atoms with Crippen LogP contribution in [0.15, 0.2) is 30.5 Å². The number of rotatable bonds is 9. The van der Waals surface area contributed by atoms with Gasteiger partial charge in [-0.25, -0.2) is 4.98 Å². The quantitative estimate of drug-likeness (QED) is 0.466. The smallest absolute Gasteiger partial charge is 0.266 e. The van der Waals surface area contributed by atoms with Crippen LogP contribution in [-0.4, -0.2) is 36.9 Å². The molecule has 6 nitrogen and oxygen atoms in total. The van der Waals surface area contributed by atoms with Crippen molar-refractivity contribution in [2.24, 2.45) is 5.73 Å². The van der Waals surface area contributed by atoms with Gasteiger partial charge >= 0.3 is 0 Å². The number of benzene rings is 1. The minimum atomic E-state index is -1.98. The Bertz CT molecular complexity index is 910. The number of H-pyrrole nitrogens is 1. The van der Waals surface area contributed by atoms with Crippen LogP contribution < -0.4 is 10.5 Å². The lowest BCUT2D eigenvalue weighted by Gasteiger charge is -2.40. The van der Waals surface area contributed by atoms with Gasteiger partial charge in [0.1, 0.15) is 17.3 Å². The second-order valence-electron chi connectivity index (χ2n) is 11.2. The standard InChI is InChI=1S/C25H41N3O3Si/c1-17(31-32(8,9)25(5,6)7)20(23-27-16-21(28-23)22(26)29)13-14-30-19-12-10-11-18(15-19)24(2,3)4/h10-12,15-17,20H,13-14H2,1-9H3,(H2,26,29)(H,27,28)/t17-,20-/m0/s1. The summed E-state index contributed by atoms with van der Waals surface area (Å²) in [6, 6.07) is 8.24. The first-order valence-corrected chi connectivity index (χ1v) is 14.3. The molecular formula is C25H41N3O3Si. The Labute approximate surface area is 194 Å². The summed E-state index contributed by atoms with van der Waals surface area (Å²) >= 11 is 0. The SMILES string of the molecule is C[C@H](O[Si](C)(C)C(C)(C)C)[C@H](CCOc1cccc(C(C)(C)C)c1)c1ncc(C(N)=O)[nH]1. The van der Waals surface area contributed by atoms with Gasteiger partial charge in [-0.15, -0.1) is 0 Å². The maximum absolute atomic E-state index is 11.6. The Hall–Kier alpha value is -2.12. The fourth-order valence-electron chi connectivity index (χ4n) is 3.32. The summed E-state index contributed by atoms with van der Waals surface area (Å²) in [7, 11) is -1.98. The van der Waals surface area contributed by atoms with E-state index in [4.69, 9.17) is 14.9 Å². The lowest BCUT2D eigenvalue weighted by atomic mass is 9.87. The third kappa shape index (κ3) is 6.69. The number of imidazole rings is 1. The van der Waals surface area contributed by atoms with Crippen LogP contribution in [0.4, 0.5) is 0 Å². The van der Waals surface area contributed by atoms with Crippen LogP contribution in [0.3, 0.4) is 0 Å². The molecule has 178 valence electrons. The van der Waals surface area contributed by atoms with Crippen LogP contribution >= 0.6 is 0 Å². The van der Waals surface area contributed by atoms with Crippen molar-refractivity contribution in [1.29, 1.82) is 0 Å². The Kier molecular flexibility index (Phi) is 7.99. The number of carbonyl (C=O) groups excluding carboxylic acids is 1. The van der Waals surface area contributed by atoms with Crippen molar-refractivity contribution in [3.63, 3.8) is 0 Å². The molecule has 7 heteroatoms. The molecule has 0 aliphatic rings. The van der Waals surface area contributed by atoms with Crippen molar-refractivity contribution < 1.29 is 14.0 Å². The Morgan fingerprint density at radius 1 is 1.19 bits per heavy atom. The highest BCUT2D eigenvalue weighted by molar-refractivity contribution is 6.74. The first-order chi connectivity index (χ1) is 14.6. The van der Waals surface area contributed by atoms with Crippen molar-refractivity contribution in [2.75, 3.05) is 6.61 Å². The topological polar surface area (TPSA) is 90.2 Å². The van der Waals surface area contributed by atoms with E-state index in [9.17, 15) is 4.79 Å². The fourth-order valence-corrected chi connectivity index (χ4v) is 4.77. The summed E-state index contributed by atoms with van der Waals surface area (Å²) in [6.07, 6.45) is 2.10. The average Bonchev–Trinajstić information content (AvgIpc) is 3.13. The molecule has 0 saturated heterocycles. The predicted molar refractivity (Wildman–Crippen MR) is 133 cm³/mol. The minimum absolute atomic E-state index is 0.0528. The third-order valence-corrected chi connectivity index (χ3v) is 11.0. The highest BCUT2D eigenvalue weighted by Gasteiger charge is 2.40. The number of ether oxygens (including phenoxy) is 1. The van der Waals surface area contributed by atoms with E-state index >= 15 is 0 Å². The monoisotopic (exact) mass is 459 g/mol. The summed E-state index contributed by atoms with van der Waals surface area (Å²) < 4.78 is 12.8. The lowest BCUT2D eigenvalue weighted by Crippen LogP contribution is -2.44. The summed E-state index contributed by atoms with van der Waals surface area (Å²) in [5.74, 6) is 0.988. The molecule has 32 heavy (non-hydrogen) atoms. The Morgan fingerprint density at radius 2 is 1.84 bits per heavy atom. The zero-order chi connectivity index (χ0) is 24.3. The van der Waals surface area contributed by atoms with Gasteiger partial charge < -0.3 is 19.9 Å². The molecule has 2 rings (SSSR count). The third-order valence-electron chi connectivity index (χ3n) is 6.46. The van der Waals surface area contributed by atoms with E-state index in [0.29, 0.717) is 24.5 Å². The van der Waals surface area contributed by atoms with Crippen LogP contribution in [0.2, 0.25) is 18.1 Å². The zero-order valence-corrected chi connectivity index (χ0v) is 22.2. The number of amides is 1. The van der Waals surface area contributed by atoms with Gasteiger partial charge in [-0.1, -0.05) is 53.7 Å². The maximum atomic E-state index is 11.6. The summed E-state index contributed by atoms with van der Waals surface area (Å²) in [4.78, 5) is 19.1. The molecule has 1 heterocycles. The van der Waals surface area contributed by atoms with Gasteiger partial charge in [-0.05, 0) is 54.6 Å². The second kappa shape index (κ2) is 9.79. The average molecular weight is 460 g/mol. The molecule has 0 unspecified atom stereocenters. The summed E-state index contributed by atoms with van der Waals surface area (Å²) in [5.41, 5.74) is 7.03. The molecule has 0 aliphatic heterocycles. The molecule has 0 aliphatic carbocycles. The number of hydrogen-bond acceptors (Lipinski definition) is 4. The number of aromatic amines is 1. The first-order valence-electron chi connectivity index (χ1n) is 11.4. The van der Waals surface area contributed by atoms with Crippen LogP contribution in [0.1, 0.15) is 82.7 Å². The molecule has 0 fully saturated rings. The van der Waals surface area contributed by atoms with E-state index in [1.165, 1.54) is 11.8 Å². The molecule has 1 aromatic carbocycles.